The van der Waals surface area contributed by atoms with Crippen LogP contribution in [-0.2, 0) is 0 Å². The van der Waals surface area contributed by atoms with Crippen molar-refractivity contribution in [2.75, 3.05) is 46.8 Å². The van der Waals surface area contributed by atoms with Crippen LogP contribution >= 0.6 is 0 Å². The number of rotatable bonds is 10. The van der Waals surface area contributed by atoms with Crippen molar-refractivity contribution in [2.45, 2.75) is 26.3 Å². The Morgan fingerprint density at radius 1 is 1.25 bits per heavy atom. The lowest BCUT2D eigenvalue weighted by Gasteiger charge is -2.30. The minimum absolute atomic E-state index is 0.597. The minimum Gasteiger partial charge on any atom is -0.312 e. The van der Waals surface area contributed by atoms with Crippen LogP contribution < -0.4 is 5.32 Å². The van der Waals surface area contributed by atoms with Gasteiger partial charge in [-0.2, -0.15) is 0 Å². The van der Waals surface area contributed by atoms with Crippen LogP contribution in [0.4, 0.5) is 0 Å². The van der Waals surface area contributed by atoms with E-state index < -0.39 is 0 Å². The number of nitrogens with zero attached hydrogens (tertiary/aromatic N) is 2. The van der Waals surface area contributed by atoms with Crippen LogP contribution in [0.3, 0.4) is 0 Å². The zero-order valence-corrected chi connectivity index (χ0v) is 11.5. The third-order valence-electron chi connectivity index (χ3n) is 2.70. The highest BCUT2D eigenvalue weighted by molar-refractivity contribution is 4.74. The highest BCUT2D eigenvalue weighted by atomic mass is 15.2. The van der Waals surface area contributed by atoms with Gasteiger partial charge in [0.25, 0.3) is 0 Å². The summed E-state index contributed by atoms with van der Waals surface area (Å²) in [6.45, 7) is 13.7. The molecule has 1 unspecified atom stereocenters. The maximum atomic E-state index is 3.72. The van der Waals surface area contributed by atoms with Crippen molar-refractivity contribution in [3.63, 3.8) is 0 Å². The van der Waals surface area contributed by atoms with Crippen molar-refractivity contribution in [3.8, 4) is 0 Å². The van der Waals surface area contributed by atoms with E-state index in [2.05, 4.69) is 49.6 Å². The van der Waals surface area contributed by atoms with Gasteiger partial charge in [0.15, 0.2) is 0 Å². The minimum atomic E-state index is 0.597. The molecule has 0 aromatic heterocycles. The smallest absolute Gasteiger partial charge is 0.0193 e. The highest BCUT2D eigenvalue weighted by Crippen LogP contribution is 2.00. The maximum Gasteiger partial charge on any atom is 0.0193 e. The molecule has 0 saturated heterocycles. The molecule has 96 valence electrons. The third-order valence-corrected chi connectivity index (χ3v) is 2.70. The van der Waals surface area contributed by atoms with E-state index in [1.807, 2.05) is 6.08 Å². The maximum absolute atomic E-state index is 3.72. The molecular formula is C13H29N3. The van der Waals surface area contributed by atoms with Gasteiger partial charge in [-0.15, -0.1) is 6.58 Å². The fraction of sp³-hybridized carbons (Fsp3) is 0.846. The lowest BCUT2D eigenvalue weighted by Crippen LogP contribution is -2.43. The van der Waals surface area contributed by atoms with E-state index in [1.165, 1.54) is 13.0 Å². The third kappa shape index (κ3) is 7.85. The molecule has 1 atom stereocenters. The SMILES string of the molecule is C=CCNCC(C)N(CCC)CCN(C)C. The van der Waals surface area contributed by atoms with Gasteiger partial charge in [-0.3, -0.25) is 4.90 Å². The topological polar surface area (TPSA) is 18.5 Å². The van der Waals surface area contributed by atoms with Gasteiger partial charge in [-0.1, -0.05) is 13.0 Å². The van der Waals surface area contributed by atoms with E-state index in [-0.39, 0.29) is 0 Å². The summed E-state index contributed by atoms with van der Waals surface area (Å²) in [6.07, 6.45) is 3.13. The predicted molar refractivity (Wildman–Crippen MR) is 72.9 cm³/mol. The molecule has 0 bridgehead atoms. The van der Waals surface area contributed by atoms with Crippen molar-refractivity contribution in [1.82, 2.24) is 15.1 Å². The van der Waals surface area contributed by atoms with E-state index >= 15 is 0 Å². The van der Waals surface area contributed by atoms with Gasteiger partial charge in [0, 0.05) is 32.2 Å². The first kappa shape index (κ1) is 15.6. The van der Waals surface area contributed by atoms with Gasteiger partial charge in [0.05, 0.1) is 0 Å². The quantitative estimate of drug-likeness (QED) is 0.450. The standard InChI is InChI=1S/C13H29N3/c1-6-8-14-12-13(3)16(9-7-2)11-10-15(4)5/h6,13-14H,1,7-12H2,2-5H3. The highest BCUT2D eigenvalue weighted by Gasteiger charge is 2.12. The average molecular weight is 227 g/mol. The van der Waals surface area contributed by atoms with Crippen LogP contribution in [0, 0.1) is 0 Å². The summed E-state index contributed by atoms with van der Waals surface area (Å²) in [7, 11) is 4.26. The number of hydrogen-bond acceptors (Lipinski definition) is 3. The first-order valence-corrected chi connectivity index (χ1v) is 6.32. The van der Waals surface area contributed by atoms with Crippen LogP contribution in [-0.4, -0.2) is 62.7 Å². The van der Waals surface area contributed by atoms with Crippen LogP contribution in [0.1, 0.15) is 20.3 Å². The molecule has 0 amide bonds. The summed E-state index contributed by atoms with van der Waals surface area (Å²) in [5.74, 6) is 0. The van der Waals surface area contributed by atoms with Crippen LogP contribution in [0.5, 0.6) is 0 Å². The van der Waals surface area contributed by atoms with Gasteiger partial charge < -0.3 is 10.2 Å². The second-order valence-electron chi connectivity index (χ2n) is 4.64. The molecule has 0 fully saturated rings. The summed E-state index contributed by atoms with van der Waals surface area (Å²) in [6, 6.07) is 0.597. The Morgan fingerprint density at radius 3 is 2.44 bits per heavy atom. The lowest BCUT2D eigenvalue weighted by atomic mass is 10.2. The van der Waals surface area contributed by atoms with Gasteiger partial charge in [-0.05, 0) is 34.0 Å². The summed E-state index contributed by atoms with van der Waals surface area (Å²) in [4.78, 5) is 4.79. The van der Waals surface area contributed by atoms with E-state index in [1.54, 1.807) is 0 Å². The van der Waals surface area contributed by atoms with E-state index in [0.29, 0.717) is 6.04 Å². The molecule has 0 aromatic carbocycles. The van der Waals surface area contributed by atoms with Gasteiger partial charge in [-0.25, -0.2) is 0 Å². The Bertz CT molecular complexity index is 169. The van der Waals surface area contributed by atoms with E-state index in [9.17, 15) is 0 Å². The molecule has 0 radical (unpaired) electrons. The molecule has 16 heavy (non-hydrogen) atoms. The molecule has 0 aliphatic heterocycles. The molecule has 0 aromatic rings. The van der Waals surface area contributed by atoms with E-state index in [0.717, 1.165) is 26.2 Å². The molecule has 3 heteroatoms. The zero-order chi connectivity index (χ0) is 12.4. The Labute approximate surface area is 101 Å². The molecule has 0 heterocycles. The average Bonchev–Trinajstić information content (AvgIpc) is 2.24. The van der Waals surface area contributed by atoms with Crippen LogP contribution in [0.2, 0.25) is 0 Å². The van der Waals surface area contributed by atoms with Gasteiger partial charge >= 0.3 is 0 Å². The lowest BCUT2D eigenvalue weighted by molar-refractivity contribution is 0.186. The molecule has 0 aliphatic rings. The van der Waals surface area contributed by atoms with Crippen molar-refractivity contribution < 1.29 is 0 Å². The zero-order valence-electron chi connectivity index (χ0n) is 11.5. The first-order valence-electron chi connectivity index (χ1n) is 6.32. The second kappa shape index (κ2) is 9.82. The Balaban J connectivity index is 3.91. The van der Waals surface area contributed by atoms with Crippen LogP contribution in [0.25, 0.3) is 0 Å². The number of hydrogen-bond donors (Lipinski definition) is 1. The molecular weight excluding hydrogens is 198 g/mol. The Hall–Kier alpha value is -0.380. The number of nitrogens with one attached hydrogen (secondary N) is 1. The summed E-state index contributed by atoms with van der Waals surface area (Å²) < 4.78 is 0. The monoisotopic (exact) mass is 227 g/mol. The number of likely N-dealkylation sites (N-methyl/N-ethyl adjacent to an activating group) is 1. The molecule has 0 spiro atoms. The summed E-state index contributed by atoms with van der Waals surface area (Å²) in [5, 5.41) is 3.39. The Morgan fingerprint density at radius 2 is 1.94 bits per heavy atom. The molecule has 0 rings (SSSR count). The fourth-order valence-corrected chi connectivity index (χ4v) is 1.69. The molecule has 1 N–H and O–H groups in total. The largest absolute Gasteiger partial charge is 0.312 e. The molecule has 0 aliphatic carbocycles. The summed E-state index contributed by atoms with van der Waals surface area (Å²) >= 11 is 0. The van der Waals surface area contributed by atoms with Crippen LogP contribution in [0.15, 0.2) is 12.7 Å². The van der Waals surface area contributed by atoms with Gasteiger partial charge in [0.1, 0.15) is 0 Å². The molecule has 0 saturated carbocycles. The van der Waals surface area contributed by atoms with Crippen molar-refractivity contribution in [3.05, 3.63) is 12.7 Å². The fourth-order valence-electron chi connectivity index (χ4n) is 1.69. The normalized spacial score (nSPS) is 13.4. The Kier molecular flexibility index (Phi) is 9.59. The second-order valence-corrected chi connectivity index (χ2v) is 4.64. The summed E-state index contributed by atoms with van der Waals surface area (Å²) in [5.41, 5.74) is 0. The van der Waals surface area contributed by atoms with Gasteiger partial charge in [0.2, 0.25) is 0 Å². The van der Waals surface area contributed by atoms with Crippen molar-refractivity contribution in [1.29, 1.82) is 0 Å². The van der Waals surface area contributed by atoms with E-state index in [4.69, 9.17) is 0 Å². The predicted octanol–water partition coefficient (Wildman–Crippen LogP) is 1.42. The van der Waals surface area contributed by atoms with Crippen molar-refractivity contribution in [2.24, 2.45) is 0 Å². The van der Waals surface area contributed by atoms with Crippen molar-refractivity contribution >= 4 is 0 Å². The first-order chi connectivity index (χ1) is 7.61. The molecule has 3 nitrogen and oxygen atoms in total.